The second kappa shape index (κ2) is 4.28. The van der Waals surface area contributed by atoms with E-state index in [9.17, 15) is 4.79 Å². The summed E-state index contributed by atoms with van der Waals surface area (Å²) in [4.78, 5) is 16.2. The van der Waals surface area contributed by atoms with Crippen LogP contribution in [0.4, 0.5) is 0 Å². The first kappa shape index (κ1) is 12.6. The smallest absolute Gasteiger partial charge is 0.212 e. The largest absolute Gasteiger partial charge is 0.481 e. The number of carbonyl (C=O) groups excluding carboxylic acids is 1. The van der Waals surface area contributed by atoms with Gasteiger partial charge in [0.05, 0.1) is 7.11 Å². The van der Waals surface area contributed by atoms with E-state index in [4.69, 9.17) is 14.2 Å². The average Bonchev–Trinajstić information content (AvgIpc) is 2.85. The number of carbonyl (C=O) groups is 1. The summed E-state index contributed by atoms with van der Waals surface area (Å²) in [6.07, 6.45) is 1.53. The van der Waals surface area contributed by atoms with Crippen molar-refractivity contribution in [2.45, 2.75) is 44.2 Å². The molecular formula is C14H17NO4. The van der Waals surface area contributed by atoms with Crippen molar-refractivity contribution < 1.29 is 19.0 Å². The van der Waals surface area contributed by atoms with E-state index in [-0.39, 0.29) is 17.8 Å². The van der Waals surface area contributed by atoms with Crippen LogP contribution in [0.1, 0.15) is 31.7 Å². The lowest BCUT2D eigenvalue weighted by atomic mass is 9.97. The van der Waals surface area contributed by atoms with E-state index in [2.05, 4.69) is 4.98 Å². The minimum absolute atomic E-state index is 0.0117. The third-order valence-corrected chi connectivity index (χ3v) is 3.66. The molecule has 0 aromatic carbocycles. The van der Waals surface area contributed by atoms with Gasteiger partial charge < -0.3 is 14.2 Å². The molecule has 2 fully saturated rings. The Morgan fingerprint density at radius 3 is 2.79 bits per heavy atom. The summed E-state index contributed by atoms with van der Waals surface area (Å²) < 4.78 is 16.6. The molecule has 1 saturated carbocycles. The van der Waals surface area contributed by atoms with E-state index in [1.54, 1.807) is 19.4 Å². The van der Waals surface area contributed by atoms with Gasteiger partial charge in [-0.15, -0.1) is 0 Å². The van der Waals surface area contributed by atoms with Gasteiger partial charge in [0.1, 0.15) is 12.2 Å². The maximum absolute atomic E-state index is 12.0. The van der Waals surface area contributed by atoms with Crippen LogP contribution in [0, 0.1) is 0 Å². The van der Waals surface area contributed by atoms with Crippen molar-refractivity contribution in [1.82, 2.24) is 4.98 Å². The molecule has 5 nitrogen and oxygen atoms in total. The van der Waals surface area contributed by atoms with E-state index in [0.29, 0.717) is 12.3 Å². The zero-order valence-corrected chi connectivity index (χ0v) is 11.3. The summed E-state index contributed by atoms with van der Waals surface area (Å²) in [5.74, 6) is -0.00793. The molecule has 2 heterocycles. The maximum atomic E-state index is 12.0. The standard InChI is InChI=1S/C14H17NO4/c1-14(2)18-12-9(6-10(16)13(12)19-14)8-4-5-11(17-3)15-7-8/h4-5,7,9,12-13H,6H2,1-3H3/t9-,12-,13+/m1/s1. The number of nitrogens with zero attached hydrogens (tertiary/aromatic N) is 1. The molecule has 1 aromatic rings. The van der Waals surface area contributed by atoms with E-state index >= 15 is 0 Å². The maximum Gasteiger partial charge on any atom is 0.212 e. The number of hydrogen-bond donors (Lipinski definition) is 0. The number of ether oxygens (including phenoxy) is 3. The zero-order chi connectivity index (χ0) is 13.6. The third kappa shape index (κ3) is 2.13. The Morgan fingerprint density at radius 1 is 1.37 bits per heavy atom. The zero-order valence-electron chi connectivity index (χ0n) is 11.3. The van der Waals surface area contributed by atoms with Gasteiger partial charge in [0.25, 0.3) is 0 Å². The number of fused-ring (bicyclic) bond motifs is 1. The van der Waals surface area contributed by atoms with Gasteiger partial charge in [-0.2, -0.15) is 0 Å². The van der Waals surface area contributed by atoms with Crippen molar-refractivity contribution in [2.24, 2.45) is 0 Å². The van der Waals surface area contributed by atoms with Gasteiger partial charge in [-0.1, -0.05) is 6.07 Å². The molecule has 1 aromatic heterocycles. The van der Waals surface area contributed by atoms with Gasteiger partial charge in [0, 0.05) is 24.6 Å². The molecule has 102 valence electrons. The minimum Gasteiger partial charge on any atom is -0.481 e. The molecule has 0 spiro atoms. The van der Waals surface area contributed by atoms with Crippen LogP contribution < -0.4 is 4.74 Å². The fraction of sp³-hybridized carbons (Fsp3) is 0.571. The first-order valence-electron chi connectivity index (χ1n) is 6.38. The molecule has 3 rings (SSSR count). The fourth-order valence-electron chi connectivity index (χ4n) is 2.82. The predicted molar refractivity (Wildman–Crippen MR) is 67.0 cm³/mol. The molecule has 0 bridgehead atoms. The van der Waals surface area contributed by atoms with Gasteiger partial charge in [-0.25, -0.2) is 4.98 Å². The van der Waals surface area contributed by atoms with Crippen LogP contribution in [0.5, 0.6) is 5.88 Å². The van der Waals surface area contributed by atoms with E-state index in [1.807, 2.05) is 19.9 Å². The molecule has 2 aliphatic rings. The monoisotopic (exact) mass is 263 g/mol. The number of aromatic nitrogens is 1. The lowest BCUT2D eigenvalue weighted by Crippen LogP contribution is -2.25. The summed E-state index contributed by atoms with van der Waals surface area (Å²) >= 11 is 0. The number of hydrogen-bond acceptors (Lipinski definition) is 5. The van der Waals surface area contributed by atoms with Gasteiger partial charge in [0.2, 0.25) is 5.88 Å². The van der Waals surface area contributed by atoms with Crippen LogP contribution in [0.3, 0.4) is 0 Å². The Bertz CT molecular complexity index is 497. The molecule has 1 aliphatic carbocycles. The van der Waals surface area contributed by atoms with Crippen molar-refractivity contribution >= 4 is 5.78 Å². The second-order valence-corrected chi connectivity index (χ2v) is 5.43. The number of methoxy groups -OCH3 is 1. The Morgan fingerprint density at radius 2 is 2.16 bits per heavy atom. The Labute approximate surface area is 111 Å². The number of pyridine rings is 1. The van der Waals surface area contributed by atoms with Crippen LogP contribution in [0.2, 0.25) is 0 Å². The summed E-state index contributed by atoms with van der Waals surface area (Å²) in [6.45, 7) is 3.67. The van der Waals surface area contributed by atoms with Crippen molar-refractivity contribution in [3.8, 4) is 5.88 Å². The quantitative estimate of drug-likeness (QED) is 0.812. The van der Waals surface area contributed by atoms with Crippen molar-refractivity contribution in [3.05, 3.63) is 23.9 Å². The molecule has 0 N–H and O–H groups in total. The molecule has 5 heteroatoms. The molecule has 0 unspecified atom stereocenters. The lowest BCUT2D eigenvalue weighted by molar-refractivity contribution is -0.160. The SMILES string of the molecule is COc1ccc([C@H]2CC(=O)[C@@H]3OC(C)(C)O[C@H]23)cn1. The molecule has 0 amide bonds. The third-order valence-electron chi connectivity index (χ3n) is 3.66. The van der Waals surface area contributed by atoms with Crippen LogP contribution in [-0.4, -0.2) is 35.9 Å². The normalized spacial score (nSPS) is 32.4. The highest BCUT2D eigenvalue weighted by atomic mass is 16.8. The van der Waals surface area contributed by atoms with Gasteiger partial charge in [0.15, 0.2) is 11.6 Å². The van der Waals surface area contributed by atoms with Crippen LogP contribution >= 0.6 is 0 Å². The van der Waals surface area contributed by atoms with E-state index < -0.39 is 11.9 Å². The summed E-state index contributed by atoms with van der Waals surface area (Å²) in [6, 6.07) is 3.73. The summed E-state index contributed by atoms with van der Waals surface area (Å²) in [5.41, 5.74) is 0.989. The highest BCUT2D eigenvalue weighted by molar-refractivity contribution is 5.88. The molecule has 3 atom stereocenters. The van der Waals surface area contributed by atoms with Crippen molar-refractivity contribution in [3.63, 3.8) is 0 Å². The van der Waals surface area contributed by atoms with Gasteiger partial charge >= 0.3 is 0 Å². The fourth-order valence-corrected chi connectivity index (χ4v) is 2.82. The summed E-state index contributed by atoms with van der Waals surface area (Å²) in [5, 5.41) is 0. The van der Waals surface area contributed by atoms with Gasteiger partial charge in [-0.3, -0.25) is 4.79 Å². The number of rotatable bonds is 2. The topological polar surface area (TPSA) is 57.7 Å². The Hall–Kier alpha value is -1.46. The number of ketones is 1. The minimum atomic E-state index is -0.691. The summed E-state index contributed by atoms with van der Waals surface area (Å²) in [7, 11) is 1.58. The highest BCUT2D eigenvalue weighted by Crippen LogP contribution is 2.44. The van der Waals surface area contributed by atoms with Crippen LogP contribution in [0.25, 0.3) is 0 Å². The first-order valence-corrected chi connectivity index (χ1v) is 6.38. The van der Waals surface area contributed by atoms with Crippen molar-refractivity contribution in [1.29, 1.82) is 0 Å². The molecule has 0 radical (unpaired) electrons. The van der Waals surface area contributed by atoms with Crippen molar-refractivity contribution in [2.75, 3.05) is 7.11 Å². The number of Topliss-reactive ketones (excluding diaryl/α,β-unsaturated/α-hetero) is 1. The van der Waals surface area contributed by atoms with Crippen LogP contribution in [-0.2, 0) is 14.3 Å². The highest BCUT2D eigenvalue weighted by Gasteiger charge is 2.54. The molecule has 1 aliphatic heterocycles. The van der Waals surface area contributed by atoms with Crippen LogP contribution in [0.15, 0.2) is 18.3 Å². The Kier molecular flexibility index (Phi) is 2.83. The lowest BCUT2D eigenvalue weighted by Gasteiger charge is -2.21. The molecule has 19 heavy (non-hydrogen) atoms. The Balaban J connectivity index is 1.87. The second-order valence-electron chi connectivity index (χ2n) is 5.43. The molecular weight excluding hydrogens is 246 g/mol. The van der Waals surface area contributed by atoms with Gasteiger partial charge in [-0.05, 0) is 19.4 Å². The molecule has 1 saturated heterocycles. The predicted octanol–water partition coefficient (Wildman–Crippen LogP) is 1.67. The average molecular weight is 263 g/mol. The first-order chi connectivity index (χ1) is 9.00. The van der Waals surface area contributed by atoms with E-state index in [1.165, 1.54) is 0 Å². The van der Waals surface area contributed by atoms with E-state index in [0.717, 1.165) is 5.56 Å².